The number of furan rings is 1. The lowest BCUT2D eigenvalue weighted by Gasteiger charge is -2.37. The monoisotopic (exact) mass is 264 g/mol. The number of nitrogens with zero attached hydrogens (tertiary/aromatic N) is 1. The summed E-state index contributed by atoms with van der Waals surface area (Å²) in [4.78, 5) is 2.55. The Kier molecular flexibility index (Phi) is 5.46. The van der Waals surface area contributed by atoms with Gasteiger partial charge in [0, 0.05) is 18.2 Å². The van der Waals surface area contributed by atoms with Crippen LogP contribution in [-0.2, 0) is 13.1 Å². The second-order valence-electron chi connectivity index (χ2n) is 5.93. The van der Waals surface area contributed by atoms with Gasteiger partial charge in [0.05, 0.1) is 12.8 Å². The number of piperidine rings is 1. The molecule has 3 heteroatoms. The van der Waals surface area contributed by atoms with E-state index in [-0.39, 0.29) is 0 Å². The molecule has 1 aromatic rings. The lowest BCUT2D eigenvalue weighted by atomic mass is 9.92. The second kappa shape index (κ2) is 7.11. The van der Waals surface area contributed by atoms with E-state index in [1.165, 1.54) is 31.4 Å². The summed E-state index contributed by atoms with van der Waals surface area (Å²) >= 11 is 0. The van der Waals surface area contributed by atoms with Crippen molar-refractivity contribution in [2.75, 3.05) is 13.1 Å². The molecule has 0 amide bonds. The fourth-order valence-corrected chi connectivity index (χ4v) is 2.86. The molecule has 1 saturated heterocycles. The van der Waals surface area contributed by atoms with Gasteiger partial charge in [-0.25, -0.2) is 0 Å². The van der Waals surface area contributed by atoms with E-state index in [0.29, 0.717) is 6.04 Å². The molecule has 2 atom stereocenters. The van der Waals surface area contributed by atoms with Crippen LogP contribution in [0.15, 0.2) is 16.7 Å². The number of nitrogens with one attached hydrogen (secondary N) is 1. The summed E-state index contributed by atoms with van der Waals surface area (Å²) in [6.45, 7) is 11.0. The third kappa shape index (κ3) is 4.08. The lowest BCUT2D eigenvalue weighted by molar-refractivity contribution is 0.0987. The van der Waals surface area contributed by atoms with E-state index in [1.807, 2.05) is 6.26 Å². The molecule has 0 saturated carbocycles. The van der Waals surface area contributed by atoms with Gasteiger partial charge in [0.2, 0.25) is 0 Å². The highest BCUT2D eigenvalue weighted by Crippen LogP contribution is 2.24. The van der Waals surface area contributed by atoms with Crippen molar-refractivity contribution >= 4 is 0 Å². The van der Waals surface area contributed by atoms with E-state index < -0.39 is 0 Å². The van der Waals surface area contributed by atoms with E-state index in [1.54, 1.807) is 0 Å². The highest BCUT2D eigenvalue weighted by atomic mass is 16.3. The Bertz CT molecular complexity index is 375. The smallest absolute Gasteiger partial charge is 0.118 e. The van der Waals surface area contributed by atoms with Gasteiger partial charge in [0.15, 0.2) is 0 Å². The minimum absolute atomic E-state index is 0.667. The molecule has 108 valence electrons. The summed E-state index contributed by atoms with van der Waals surface area (Å²) in [5, 5.41) is 3.41. The van der Waals surface area contributed by atoms with Gasteiger partial charge in [0.25, 0.3) is 0 Å². The molecule has 1 aromatic heterocycles. The van der Waals surface area contributed by atoms with Crippen LogP contribution in [0.1, 0.15) is 51.4 Å². The summed E-state index contributed by atoms with van der Waals surface area (Å²) in [6.07, 6.45) is 5.75. The van der Waals surface area contributed by atoms with Crippen molar-refractivity contribution < 1.29 is 4.42 Å². The average molecular weight is 264 g/mol. The van der Waals surface area contributed by atoms with Crippen molar-refractivity contribution in [3.8, 4) is 0 Å². The maximum absolute atomic E-state index is 5.70. The van der Waals surface area contributed by atoms with Crippen molar-refractivity contribution in [1.82, 2.24) is 10.2 Å². The van der Waals surface area contributed by atoms with Crippen LogP contribution in [0.25, 0.3) is 0 Å². The Hall–Kier alpha value is -0.800. The van der Waals surface area contributed by atoms with Crippen LogP contribution < -0.4 is 5.32 Å². The van der Waals surface area contributed by atoms with Gasteiger partial charge in [-0.15, -0.1) is 0 Å². The predicted octanol–water partition coefficient (Wildman–Crippen LogP) is 3.40. The zero-order valence-corrected chi connectivity index (χ0v) is 12.6. The first kappa shape index (κ1) is 14.6. The van der Waals surface area contributed by atoms with E-state index >= 15 is 0 Å². The van der Waals surface area contributed by atoms with Crippen LogP contribution in [-0.4, -0.2) is 24.0 Å². The molecular formula is C16H28N2O. The third-order valence-corrected chi connectivity index (χ3v) is 4.33. The molecule has 0 bridgehead atoms. The molecule has 1 aliphatic rings. The summed E-state index contributed by atoms with van der Waals surface area (Å²) in [5.41, 5.74) is 1.26. The minimum atomic E-state index is 0.667. The Balaban J connectivity index is 1.85. The van der Waals surface area contributed by atoms with Crippen LogP contribution in [0.2, 0.25) is 0 Å². The minimum Gasteiger partial charge on any atom is -0.468 e. The SMILES string of the molecule is CCCNCc1coc(CN2CCCC(C)C2C)c1. The fraction of sp³-hybridized carbons (Fsp3) is 0.750. The van der Waals surface area contributed by atoms with Crippen LogP contribution in [0, 0.1) is 5.92 Å². The number of likely N-dealkylation sites (tertiary alicyclic amines) is 1. The Labute approximate surface area is 117 Å². The molecule has 19 heavy (non-hydrogen) atoms. The maximum atomic E-state index is 5.70. The van der Waals surface area contributed by atoms with E-state index in [4.69, 9.17) is 4.42 Å². The van der Waals surface area contributed by atoms with E-state index in [2.05, 4.69) is 37.1 Å². The van der Waals surface area contributed by atoms with Crippen LogP contribution >= 0.6 is 0 Å². The molecule has 1 aliphatic heterocycles. The third-order valence-electron chi connectivity index (χ3n) is 4.33. The Morgan fingerprint density at radius 3 is 3.05 bits per heavy atom. The standard InChI is InChI=1S/C16H28N2O/c1-4-7-17-10-15-9-16(19-12-15)11-18-8-5-6-13(2)14(18)3/h9,12-14,17H,4-8,10-11H2,1-3H3. The quantitative estimate of drug-likeness (QED) is 0.798. The number of hydrogen-bond acceptors (Lipinski definition) is 3. The zero-order chi connectivity index (χ0) is 13.7. The normalized spacial score (nSPS) is 24.8. The summed E-state index contributed by atoms with van der Waals surface area (Å²) in [6, 6.07) is 2.87. The first-order valence-electron chi connectivity index (χ1n) is 7.71. The van der Waals surface area contributed by atoms with Crippen LogP contribution in [0.3, 0.4) is 0 Å². The van der Waals surface area contributed by atoms with E-state index in [0.717, 1.165) is 31.3 Å². The Morgan fingerprint density at radius 1 is 1.42 bits per heavy atom. The van der Waals surface area contributed by atoms with Gasteiger partial charge in [-0.2, -0.15) is 0 Å². The topological polar surface area (TPSA) is 28.4 Å². The lowest BCUT2D eigenvalue weighted by Crippen LogP contribution is -2.41. The summed E-state index contributed by atoms with van der Waals surface area (Å²) < 4.78 is 5.70. The molecule has 1 N–H and O–H groups in total. The first-order valence-corrected chi connectivity index (χ1v) is 7.71. The maximum Gasteiger partial charge on any atom is 0.118 e. The molecule has 0 spiro atoms. The fourth-order valence-electron chi connectivity index (χ4n) is 2.86. The molecular weight excluding hydrogens is 236 g/mol. The first-order chi connectivity index (χ1) is 9.20. The molecule has 0 aromatic carbocycles. The van der Waals surface area contributed by atoms with Crippen LogP contribution in [0.5, 0.6) is 0 Å². The highest BCUT2D eigenvalue weighted by Gasteiger charge is 2.25. The summed E-state index contributed by atoms with van der Waals surface area (Å²) in [5.74, 6) is 1.91. The molecule has 2 rings (SSSR count). The van der Waals surface area contributed by atoms with Crippen LogP contribution in [0.4, 0.5) is 0 Å². The Morgan fingerprint density at radius 2 is 2.26 bits per heavy atom. The average Bonchev–Trinajstić information content (AvgIpc) is 2.83. The molecule has 2 heterocycles. The molecule has 0 radical (unpaired) electrons. The zero-order valence-electron chi connectivity index (χ0n) is 12.6. The number of hydrogen-bond donors (Lipinski definition) is 1. The molecule has 1 fully saturated rings. The predicted molar refractivity (Wildman–Crippen MR) is 79.0 cm³/mol. The highest BCUT2D eigenvalue weighted by molar-refractivity contribution is 5.12. The van der Waals surface area contributed by atoms with Crippen molar-refractivity contribution in [2.24, 2.45) is 5.92 Å². The van der Waals surface area contributed by atoms with Crippen molar-refractivity contribution in [3.05, 3.63) is 23.7 Å². The van der Waals surface area contributed by atoms with Gasteiger partial charge in [-0.3, -0.25) is 4.90 Å². The van der Waals surface area contributed by atoms with Gasteiger partial charge < -0.3 is 9.73 Å². The van der Waals surface area contributed by atoms with Gasteiger partial charge in [-0.05, 0) is 51.3 Å². The second-order valence-corrected chi connectivity index (χ2v) is 5.93. The molecule has 3 nitrogen and oxygen atoms in total. The van der Waals surface area contributed by atoms with E-state index in [9.17, 15) is 0 Å². The summed E-state index contributed by atoms with van der Waals surface area (Å²) in [7, 11) is 0. The van der Waals surface area contributed by atoms with Crippen molar-refractivity contribution in [2.45, 2.75) is 59.2 Å². The van der Waals surface area contributed by atoms with Gasteiger partial charge in [0.1, 0.15) is 5.76 Å². The van der Waals surface area contributed by atoms with Crippen molar-refractivity contribution in [1.29, 1.82) is 0 Å². The molecule has 2 unspecified atom stereocenters. The van der Waals surface area contributed by atoms with Crippen molar-refractivity contribution in [3.63, 3.8) is 0 Å². The van der Waals surface area contributed by atoms with Gasteiger partial charge >= 0.3 is 0 Å². The largest absolute Gasteiger partial charge is 0.468 e. The van der Waals surface area contributed by atoms with Gasteiger partial charge in [-0.1, -0.05) is 13.8 Å². The number of rotatable bonds is 6. The molecule has 0 aliphatic carbocycles.